The van der Waals surface area contributed by atoms with E-state index in [9.17, 15) is 0 Å². The van der Waals surface area contributed by atoms with Crippen molar-refractivity contribution in [1.29, 1.82) is 0 Å². The maximum Gasteiger partial charge on any atom is 0.119 e. The smallest absolute Gasteiger partial charge is 0.119 e. The van der Waals surface area contributed by atoms with Gasteiger partial charge in [-0.05, 0) is 23.3 Å². The summed E-state index contributed by atoms with van der Waals surface area (Å²) in [6, 6.07) is 18.9. The average molecular weight is 419 g/mol. The van der Waals surface area contributed by atoms with E-state index in [1.807, 2.05) is 24.4 Å². The van der Waals surface area contributed by atoms with Gasteiger partial charge in [0, 0.05) is 64.1 Å². The molecule has 1 aliphatic heterocycles. The van der Waals surface area contributed by atoms with Crippen molar-refractivity contribution in [2.45, 2.75) is 39.5 Å². The molecule has 0 amide bonds. The van der Waals surface area contributed by atoms with Crippen LogP contribution in [0.1, 0.15) is 36.7 Å². The molecule has 0 bridgehead atoms. The molecule has 0 unspecified atom stereocenters. The molecule has 2 aromatic carbocycles. The molecule has 5 nitrogen and oxygen atoms in total. The van der Waals surface area contributed by atoms with Gasteiger partial charge < -0.3 is 9.30 Å². The summed E-state index contributed by atoms with van der Waals surface area (Å²) in [5.74, 6) is 2.59. The van der Waals surface area contributed by atoms with Crippen LogP contribution in [0.3, 0.4) is 0 Å². The van der Waals surface area contributed by atoms with Gasteiger partial charge >= 0.3 is 0 Å². The second-order valence-corrected chi connectivity index (χ2v) is 8.67. The van der Waals surface area contributed by atoms with Crippen LogP contribution in [0.25, 0.3) is 0 Å². The largest absolute Gasteiger partial charge is 0.489 e. The average Bonchev–Trinajstić information content (AvgIpc) is 3.28. The number of piperazine rings is 1. The molecular formula is C26H34N4O. The van der Waals surface area contributed by atoms with E-state index in [0.717, 1.165) is 51.6 Å². The molecule has 164 valence electrons. The van der Waals surface area contributed by atoms with E-state index >= 15 is 0 Å². The van der Waals surface area contributed by atoms with Crippen LogP contribution in [-0.4, -0.2) is 52.1 Å². The van der Waals surface area contributed by atoms with Gasteiger partial charge in [-0.1, -0.05) is 56.3 Å². The summed E-state index contributed by atoms with van der Waals surface area (Å²) in [7, 11) is 0. The zero-order valence-corrected chi connectivity index (χ0v) is 18.8. The fourth-order valence-electron chi connectivity index (χ4n) is 4.12. The van der Waals surface area contributed by atoms with Gasteiger partial charge in [0.1, 0.15) is 18.2 Å². The summed E-state index contributed by atoms with van der Waals surface area (Å²) in [5.41, 5.74) is 2.54. The van der Waals surface area contributed by atoms with Crippen LogP contribution in [0.5, 0.6) is 5.75 Å². The Balaban J connectivity index is 1.18. The van der Waals surface area contributed by atoms with Crippen molar-refractivity contribution in [3.63, 3.8) is 0 Å². The van der Waals surface area contributed by atoms with Gasteiger partial charge in [0.05, 0.1) is 0 Å². The summed E-state index contributed by atoms with van der Waals surface area (Å²) < 4.78 is 8.21. The number of hydrogen-bond donors (Lipinski definition) is 0. The third-order valence-electron chi connectivity index (χ3n) is 5.96. The van der Waals surface area contributed by atoms with Crippen LogP contribution in [0, 0.1) is 0 Å². The lowest BCUT2D eigenvalue weighted by Crippen LogP contribution is -2.46. The quantitative estimate of drug-likeness (QED) is 0.516. The van der Waals surface area contributed by atoms with E-state index < -0.39 is 0 Å². The number of hydrogen-bond acceptors (Lipinski definition) is 4. The zero-order chi connectivity index (χ0) is 21.5. The fraction of sp³-hybridized carbons (Fsp3) is 0.423. The van der Waals surface area contributed by atoms with Crippen molar-refractivity contribution in [2.24, 2.45) is 0 Å². The third kappa shape index (κ3) is 6.18. The highest BCUT2D eigenvalue weighted by Crippen LogP contribution is 2.17. The Morgan fingerprint density at radius 2 is 1.55 bits per heavy atom. The van der Waals surface area contributed by atoms with E-state index in [-0.39, 0.29) is 0 Å². The standard InChI is InChI=1S/C26H34N4O/c1-22(2)26-27-12-13-30(26)19-18-28-14-16-29(17-15-28)20-23-8-10-25(11-9-23)31-21-24-6-4-3-5-7-24/h3-13,22H,14-21H2,1-2H3. The van der Waals surface area contributed by atoms with E-state index in [1.54, 1.807) is 0 Å². The number of aromatic nitrogens is 2. The molecule has 0 atom stereocenters. The molecule has 0 saturated carbocycles. The Hall–Kier alpha value is -2.63. The normalized spacial score (nSPS) is 15.5. The van der Waals surface area contributed by atoms with Crippen LogP contribution in [-0.2, 0) is 19.7 Å². The van der Waals surface area contributed by atoms with Gasteiger partial charge in [-0.3, -0.25) is 9.80 Å². The van der Waals surface area contributed by atoms with E-state index in [1.165, 1.54) is 17.0 Å². The molecule has 2 heterocycles. The SMILES string of the molecule is CC(C)c1nccn1CCN1CCN(Cc2ccc(OCc3ccccc3)cc2)CC1. The van der Waals surface area contributed by atoms with Gasteiger partial charge in [0.25, 0.3) is 0 Å². The third-order valence-corrected chi connectivity index (χ3v) is 5.96. The number of ether oxygens (including phenoxy) is 1. The molecule has 31 heavy (non-hydrogen) atoms. The highest BCUT2D eigenvalue weighted by molar-refractivity contribution is 5.28. The molecule has 1 fully saturated rings. The molecule has 1 saturated heterocycles. The Morgan fingerprint density at radius 3 is 2.26 bits per heavy atom. The van der Waals surface area contributed by atoms with Gasteiger partial charge in [-0.15, -0.1) is 0 Å². The summed E-state index contributed by atoms with van der Waals surface area (Å²) in [6.45, 7) is 12.6. The molecule has 0 radical (unpaired) electrons. The maximum absolute atomic E-state index is 5.90. The second kappa shape index (κ2) is 10.6. The molecular weight excluding hydrogens is 384 g/mol. The van der Waals surface area contributed by atoms with E-state index in [4.69, 9.17) is 4.74 Å². The minimum Gasteiger partial charge on any atom is -0.489 e. The number of nitrogens with zero attached hydrogens (tertiary/aromatic N) is 4. The van der Waals surface area contributed by atoms with Crippen molar-refractivity contribution in [3.05, 3.63) is 83.9 Å². The number of rotatable bonds is 9. The van der Waals surface area contributed by atoms with Gasteiger partial charge in [0.2, 0.25) is 0 Å². The Kier molecular flexibility index (Phi) is 7.39. The molecule has 0 aliphatic carbocycles. The maximum atomic E-state index is 5.90. The molecule has 3 aromatic rings. The van der Waals surface area contributed by atoms with E-state index in [0.29, 0.717) is 12.5 Å². The zero-order valence-electron chi connectivity index (χ0n) is 18.8. The molecule has 1 aliphatic rings. The summed E-state index contributed by atoms with van der Waals surface area (Å²) in [5, 5.41) is 0. The summed E-state index contributed by atoms with van der Waals surface area (Å²) in [6.07, 6.45) is 4.03. The second-order valence-electron chi connectivity index (χ2n) is 8.67. The lowest BCUT2D eigenvalue weighted by atomic mass is 10.2. The van der Waals surface area contributed by atoms with Crippen molar-refractivity contribution >= 4 is 0 Å². The molecule has 0 spiro atoms. The van der Waals surface area contributed by atoms with Crippen molar-refractivity contribution in [1.82, 2.24) is 19.4 Å². The summed E-state index contributed by atoms with van der Waals surface area (Å²) in [4.78, 5) is 9.62. The fourth-order valence-corrected chi connectivity index (χ4v) is 4.12. The van der Waals surface area contributed by atoms with Crippen LogP contribution in [0.4, 0.5) is 0 Å². The number of benzene rings is 2. The Labute approximate surface area is 186 Å². The van der Waals surface area contributed by atoms with Crippen LogP contribution in [0.15, 0.2) is 67.0 Å². The Morgan fingerprint density at radius 1 is 0.839 bits per heavy atom. The first-order chi connectivity index (χ1) is 15.2. The monoisotopic (exact) mass is 418 g/mol. The highest BCUT2D eigenvalue weighted by atomic mass is 16.5. The molecule has 5 heteroatoms. The van der Waals surface area contributed by atoms with Crippen molar-refractivity contribution < 1.29 is 4.74 Å². The van der Waals surface area contributed by atoms with Gasteiger partial charge in [-0.2, -0.15) is 0 Å². The predicted molar refractivity (Wildman–Crippen MR) is 125 cm³/mol. The Bertz CT molecular complexity index is 912. The first-order valence-electron chi connectivity index (χ1n) is 11.4. The van der Waals surface area contributed by atoms with Gasteiger partial charge in [0.15, 0.2) is 0 Å². The van der Waals surface area contributed by atoms with E-state index in [2.05, 4.69) is 75.8 Å². The van der Waals surface area contributed by atoms with Crippen LogP contribution >= 0.6 is 0 Å². The minimum atomic E-state index is 0.474. The van der Waals surface area contributed by atoms with Crippen LogP contribution in [0.2, 0.25) is 0 Å². The highest BCUT2D eigenvalue weighted by Gasteiger charge is 2.17. The topological polar surface area (TPSA) is 33.5 Å². The first kappa shape index (κ1) is 21.6. The van der Waals surface area contributed by atoms with Crippen molar-refractivity contribution in [2.75, 3.05) is 32.7 Å². The summed E-state index contributed by atoms with van der Waals surface area (Å²) >= 11 is 0. The molecule has 0 N–H and O–H groups in total. The number of imidazole rings is 1. The molecule has 4 rings (SSSR count). The lowest BCUT2D eigenvalue weighted by molar-refractivity contribution is 0.124. The first-order valence-corrected chi connectivity index (χ1v) is 11.4. The molecule has 1 aromatic heterocycles. The predicted octanol–water partition coefficient (Wildman–Crippen LogP) is 4.40. The lowest BCUT2D eigenvalue weighted by Gasteiger charge is -2.34. The minimum absolute atomic E-state index is 0.474. The van der Waals surface area contributed by atoms with Crippen molar-refractivity contribution in [3.8, 4) is 5.75 Å². The van der Waals surface area contributed by atoms with Crippen LogP contribution < -0.4 is 4.74 Å². The van der Waals surface area contributed by atoms with Gasteiger partial charge in [-0.25, -0.2) is 4.98 Å².